The van der Waals surface area contributed by atoms with Crippen LogP contribution < -0.4 is 15.8 Å². The van der Waals surface area contributed by atoms with Crippen molar-refractivity contribution in [1.82, 2.24) is 15.3 Å². The molecule has 1 atom stereocenters. The Labute approximate surface area is 127 Å². The van der Waals surface area contributed by atoms with E-state index in [4.69, 9.17) is 0 Å². The van der Waals surface area contributed by atoms with Gasteiger partial charge >= 0.3 is 0 Å². The first-order valence-electron chi connectivity index (χ1n) is 8.01. The van der Waals surface area contributed by atoms with Crippen LogP contribution >= 0.6 is 0 Å². The third-order valence-corrected chi connectivity index (χ3v) is 3.90. The fourth-order valence-corrected chi connectivity index (χ4v) is 2.75. The average molecular weight is 292 g/mol. The molecule has 1 unspecified atom stereocenters. The zero-order chi connectivity index (χ0) is 15.5. The summed E-state index contributed by atoms with van der Waals surface area (Å²) >= 11 is 0. The van der Waals surface area contributed by atoms with Crippen molar-refractivity contribution in [3.63, 3.8) is 0 Å². The summed E-state index contributed by atoms with van der Waals surface area (Å²) in [5.74, 6) is 1.60. The highest BCUT2D eigenvalue weighted by Crippen LogP contribution is 2.22. The standard InChI is InChI=1S/C16H28N4O/c1-5-13-18-14(10-15(21)19-13)20-9-7-6-8-12(20)11-17-16(2,3)4/h10,12,17H,5-9,11H2,1-4H3,(H,18,19,21). The molecule has 118 valence electrons. The van der Waals surface area contributed by atoms with Crippen LogP contribution in [0.1, 0.15) is 52.8 Å². The van der Waals surface area contributed by atoms with Crippen LogP contribution in [0.25, 0.3) is 0 Å². The molecule has 1 aromatic heterocycles. The lowest BCUT2D eigenvalue weighted by atomic mass is 10.0. The molecule has 1 fully saturated rings. The molecule has 1 aliphatic rings. The minimum absolute atomic E-state index is 0.0510. The van der Waals surface area contributed by atoms with Gasteiger partial charge < -0.3 is 15.2 Å². The van der Waals surface area contributed by atoms with Crippen LogP contribution in [-0.2, 0) is 6.42 Å². The van der Waals surface area contributed by atoms with E-state index in [2.05, 4.69) is 41.0 Å². The fraction of sp³-hybridized carbons (Fsp3) is 0.750. The van der Waals surface area contributed by atoms with Crippen molar-refractivity contribution in [2.45, 2.75) is 65.0 Å². The first-order valence-corrected chi connectivity index (χ1v) is 8.01. The van der Waals surface area contributed by atoms with Gasteiger partial charge in [-0.2, -0.15) is 0 Å². The van der Waals surface area contributed by atoms with Crippen molar-refractivity contribution in [2.75, 3.05) is 18.0 Å². The van der Waals surface area contributed by atoms with Gasteiger partial charge in [-0.15, -0.1) is 0 Å². The van der Waals surface area contributed by atoms with E-state index in [1.54, 1.807) is 6.07 Å². The number of aromatic nitrogens is 2. The van der Waals surface area contributed by atoms with Crippen molar-refractivity contribution >= 4 is 5.82 Å². The number of hydrogen-bond donors (Lipinski definition) is 2. The van der Waals surface area contributed by atoms with Gasteiger partial charge in [0.05, 0.1) is 0 Å². The molecule has 0 aromatic carbocycles. The van der Waals surface area contributed by atoms with Crippen LogP contribution in [0.15, 0.2) is 10.9 Å². The Balaban J connectivity index is 2.18. The maximum absolute atomic E-state index is 11.8. The second-order valence-electron chi connectivity index (χ2n) is 6.88. The Hall–Kier alpha value is -1.36. The number of anilines is 1. The monoisotopic (exact) mass is 292 g/mol. The molecule has 1 aliphatic heterocycles. The van der Waals surface area contributed by atoms with Crippen LogP contribution in [0, 0.1) is 0 Å². The topological polar surface area (TPSA) is 61.0 Å². The highest BCUT2D eigenvalue weighted by molar-refractivity contribution is 5.39. The van der Waals surface area contributed by atoms with Crippen LogP contribution in [0.5, 0.6) is 0 Å². The summed E-state index contributed by atoms with van der Waals surface area (Å²) in [7, 11) is 0. The van der Waals surface area contributed by atoms with E-state index in [0.29, 0.717) is 6.04 Å². The predicted molar refractivity (Wildman–Crippen MR) is 87.0 cm³/mol. The van der Waals surface area contributed by atoms with E-state index >= 15 is 0 Å². The number of aryl methyl sites for hydroxylation is 1. The van der Waals surface area contributed by atoms with Crippen LogP contribution in [0.4, 0.5) is 5.82 Å². The van der Waals surface area contributed by atoms with Gasteiger partial charge in [-0.05, 0) is 40.0 Å². The van der Waals surface area contributed by atoms with E-state index < -0.39 is 0 Å². The minimum atomic E-state index is -0.0510. The Morgan fingerprint density at radius 3 is 2.86 bits per heavy atom. The molecule has 1 aromatic rings. The van der Waals surface area contributed by atoms with E-state index in [1.165, 1.54) is 12.8 Å². The summed E-state index contributed by atoms with van der Waals surface area (Å²) in [5.41, 5.74) is 0.0594. The van der Waals surface area contributed by atoms with Gasteiger partial charge in [0, 0.05) is 37.2 Å². The molecule has 2 rings (SSSR count). The molecule has 21 heavy (non-hydrogen) atoms. The Morgan fingerprint density at radius 2 is 2.19 bits per heavy atom. The van der Waals surface area contributed by atoms with Crippen molar-refractivity contribution in [1.29, 1.82) is 0 Å². The zero-order valence-corrected chi connectivity index (χ0v) is 13.7. The number of hydrogen-bond acceptors (Lipinski definition) is 4. The van der Waals surface area contributed by atoms with Gasteiger partial charge in [0.25, 0.3) is 5.56 Å². The van der Waals surface area contributed by atoms with Crippen LogP contribution in [0.3, 0.4) is 0 Å². The van der Waals surface area contributed by atoms with Crippen LogP contribution in [0.2, 0.25) is 0 Å². The molecule has 2 heterocycles. The largest absolute Gasteiger partial charge is 0.352 e. The van der Waals surface area contributed by atoms with Gasteiger partial charge in [0.15, 0.2) is 0 Å². The summed E-state index contributed by atoms with van der Waals surface area (Å²) in [6.07, 6.45) is 4.32. The zero-order valence-electron chi connectivity index (χ0n) is 13.7. The Bertz CT molecular complexity index is 518. The Morgan fingerprint density at radius 1 is 1.43 bits per heavy atom. The normalized spacial score (nSPS) is 19.8. The van der Waals surface area contributed by atoms with Crippen molar-refractivity contribution in [2.24, 2.45) is 0 Å². The molecule has 5 nitrogen and oxygen atoms in total. The maximum atomic E-state index is 11.8. The van der Waals surface area contributed by atoms with Crippen molar-refractivity contribution in [3.8, 4) is 0 Å². The smallest absolute Gasteiger partial charge is 0.252 e. The number of rotatable bonds is 4. The first kappa shape index (κ1) is 16.0. The highest BCUT2D eigenvalue weighted by atomic mass is 16.1. The van der Waals surface area contributed by atoms with E-state index in [0.717, 1.165) is 37.6 Å². The SMILES string of the molecule is CCc1nc(N2CCCCC2CNC(C)(C)C)cc(=O)[nH]1. The van der Waals surface area contributed by atoms with E-state index in [9.17, 15) is 4.79 Å². The van der Waals surface area contributed by atoms with Gasteiger partial charge in [-0.1, -0.05) is 6.92 Å². The highest BCUT2D eigenvalue weighted by Gasteiger charge is 2.25. The third-order valence-electron chi connectivity index (χ3n) is 3.90. The number of aromatic amines is 1. The van der Waals surface area contributed by atoms with Crippen molar-refractivity contribution in [3.05, 3.63) is 22.2 Å². The lowest BCUT2D eigenvalue weighted by molar-refractivity contribution is 0.365. The molecule has 1 saturated heterocycles. The van der Waals surface area contributed by atoms with E-state index in [1.807, 2.05) is 6.92 Å². The third kappa shape index (κ3) is 4.56. The molecule has 0 aliphatic carbocycles. The summed E-state index contributed by atoms with van der Waals surface area (Å²) < 4.78 is 0. The lowest BCUT2D eigenvalue weighted by Crippen LogP contribution is -2.50. The average Bonchev–Trinajstić information content (AvgIpc) is 2.44. The second kappa shape index (κ2) is 6.60. The van der Waals surface area contributed by atoms with Crippen molar-refractivity contribution < 1.29 is 0 Å². The molecule has 2 N–H and O–H groups in total. The van der Waals surface area contributed by atoms with Gasteiger partial charge in [0.1, 0.15) is 11.6 Å². The van der Waals surface area contributed by atoms with Gasteiger partial charge in [0.2, 0.25) is 0 Å². The van der Waals surface area contributed by atoms with Crippen LogP contribution in [-0.4, -0.2) is 34.6 Å². The maximum Gasteiger partial charge on any atom is 0.252 e. The minimum Gasteiger partial charge on any atom is -0.352 e. The van der Waals surface area contributed by atoms with E-state index in [-0.39, 0.29) is 11.1 Å². The molecule has 5 heteroatoms. The summed E-state index contributed by atoms with van der Waals surface area (Å²) in [5, 5.41) is 3.58. The number of piperidine rings is 1. The fourth-order valence-electron chi connectivity index (χ4n) is 2.75. The number of nitrogens with zero attached hydrogens (tertiary/aromatic N) is 2. The quantitative estimate of drug-likeness (QED) is 0.892. The lowest BCUT2D eigenvalue weighted by Gasteiger charge is -2.38. The first-order chi connectivity index (χ1) is 9.89. The molecular formula is C16H28N4O. The number of H-pyrrole nitrogens is 1. The molecular weight excluding hydrogens is 264 g/mol. The molecule has 0 saturated carbocycles. The summed E-state index contributed by atoms with van der Waals surface area (Å²) in [6.45, 7) is 10.5. The number of nitrogens with one attached hydrogen (secondary N) is 2. The predicted octanol–water partition coefficient (Wildman–Crippen LogP) is 2.08. The molecule has 0 bridgehead atoms. The molecule has 0 amide bonds. The molecule has 0 radical (unpaired) electrons. The molecule has 0 spiro atoms. The van der Waals surface area contributed by atoms with Gasteiger partial charge in [-0.25, -0.2) is 4.98 Å². The van der Waals surface area contributed by atoms with Gasteiger partial charge in [-0.3, -0.25) is 4.79 Å². The Kier molecular flexibility index (Phi) is 5.04. The second-order valence-corrected chi connectivity index (χ2v) is 6.88. The summed E-state index contributed by atoms with van der Waals surface area (Å²) in [6, 6.07) is 2.05. The summed E-state index contributed by atoms with van der Waals surface area (Å²) in [4.78, 5) is 21.5.